The molecular weight excluding hydrogens is 432 g/mol. The van der Waals surface area contributed by atoms with E-state index in [-0.39, 0.29) is 30.0 Å². The van der Waals surface area contributed by atoms with Crippen LogP contribution in [0, 0.1) is 6.92 Å². The molecule has 0 atom stereocenters. The highest BCUT2D eigenvalue weighted by Gasteiger charge is 2.25. The molecule has 0 fully saturated rings. The lowest BCUT2D eigenvalue weighted by molar-refractivity contribution is -0.116. The first-order valence-corrected chi connectivity index (χ1v) is 13.5. The Labute approximate surface area is 200 Å². The van der Waals surface area contributed by atoms with E-state index in [4.69, 9.17) is 4.18 Å². The minimum Gasteiger partial charge on any atom is -0.381 e. The van der Waals surface area contributed by atoms with Gasteiger partial charge in [-0.15, -0.1) is 0 Å². The van der Waals surface area contributed by atoms with Gasteiger partial charge >= 0.3 is 10.1 Å². The van der Waals surface area contributed by atoms with Crippen molar-refractivity contribution in [2.24, 2.45) is 0 Å². The zero-order chi connectivity index (χ0) is 25.1. The van der Waals surface area contributed by atoms with Crippen molar-refractivity contribution in [3.8, 4) is 5.75 Å². The van der Waals surface area contributed by atoms with Gasteiger partial charge in [-0.2, -0.15) is 8.42 Å². The van der Waals surface area contributed by atoms with Gasteiger partial charge in [0.1, 0.15) is 11.5 Å². The van der Waals surface area contributed by atoms with Crippen molar-refractivity contribution in [2.45, 2.75) is 92.4 Å². The molecule has 0 aliphatic rings. The molecule has 0 saturated heterocycles. The SMILES string of the molecule is Cc1cc(C(C)C)cc(C(C)C)c1CC(=O)CS(=O)(=O)Oc1c(C(C)C)cccc1C(C)C. The summed E-state index contributed by atoms with van der Waals surface area (Å²) in [7, 11) is -4.08. The maximum absolute atomic E-state index is 13.0. The minimum absolute atomic E-state index is 0.0865. The van der Waals surface area contributed by atoms with Crippen molar-refractivity contribution in [1.82, 2.24) is 0 Å². The predicted octanol–water partition coefficient (Wildman–Crippen LogP) is 7.01. The average Bonchev–Trinajstić information content (AvgIpc) is 2.67. The molecule has 4 nitrogen and oxygen atoms in total. The van der Waals surface area contributed by atoms with E-state index in [1.54, 1.807) is 0 Å². The number of Topliss-reactive ketones (excluding diaryl/α,β-unsaturated/α-hetero) is 1. The summed E-state index contributed by atoms with van der Waals surface area (Å²) in [5, 5.41) is 0. The third-order valence-corrected chi connectivity index (χ3v) is 7.16. The highest BCUT2D eigenvalue weighted by atomic mass is 32.2. The highest BCUT2D eigenvalue weighted by molar-refractivity contribution is 7.87. The summed E-state index contributed by atoms with van der Waals surface area (Å²) in [6.07, 6.45) is 0.0865. The van der Waals surface area contributed by atoms with E-state index in [2.05, 4.69) is 39.8 Å². The van der Waals surface area contributed by atoms with E-state index >= 15 is 0 Å². The molecule has 2 aromatic carbocycles. The summed E-state index contributed by atoms with van der Waals surface area (Å²) in [6.45, 7) is 18.5. The van der Waals surface area contributed by atoms with Gasteiger partial charge in [-0.1, -0.05) is 85.7 Å². The van der Waals surface area contributed by atoms with Gasteiger partial charge in [-0.3, -0.25) is 4.79 Å². The number of ketones is 1. The van der Waals surface area contributed by atoms with Crippen molar-refractivity contribution >= 4 is 15.9 Å². The topological polar surface area (TPSA) is 60.4 Å². The molecule has 5 heteroatoms. The number of hydrogen-bond acceptors (Lipinski definition) is 4. The third-order valence-electron chi connectivity index (χ3n) is 6.06. The van der Waals surface area contributed by atoms with E-state index in [9.17, 15) is 13.2 Å². The van der Waals surface area contributed by atoms with Crippen LogP contribution in [0.25, 0.3) is 0 Å². The molecule has 0 saturated carbocycles. The molecule has 0 bridgehead atoms. The molecule has 0 N–H and O–H groups in total. The van der Waals surface area contributed by atoms with Gasteiger partial charge in [0.2, 0.25) is 0 Å². The van der Waals surface area contributed by atoms with Gasteiger partial charge in [0.15, 0.2) is 5.78 Å². The number of hydrogen-bond donors (Lipinski definition) is 0. The number of benzene rings is 2. The summed E-state index contributed by atoms with van der Waals surface area (Å²) >= 11 is 0. The number of aryl methyl sites for hydroxylation is 1. The van der Waals surface area contributed by atoms with E-state index in [0.29, 0.717) is 11.7 Å². The van der Waals surface area contributed by atoms with Gasteiger partial charge in [0, 0.05) is 6.42 Å². The fourth-order valence-electron chi connectivity index (χ4n) is 4.14. The Morgan fingerprint density at radius 2 is 1.33 bits per heavy atom. The van der Waals surface area contributed by atoms with Gasteiger partial charge in [-0.25, -0.2) is 0 Å². The third kappa shape index (κ3) is 6.92. The maximum Gasteiger partial charge on any atom is 0.316 e. The Morgan fingerprint density at radius 1 is 0.818 bits per heavy atom. The molecule has 0 amide bonds. The van der Waals surface area contributed by atoms with E-state index in [1.165, 1.54) is 5.56 Å². The molecule has 0 aliphatic heterocycles. The minimum atomic E-state index is -4.08. The summed E-state index contributed by atoms with van der Waals surface area (Å²) in [5.74, 6) is 0.196. The number of carbonyl (C=O) groups is 1. The standard InChI is InChI=1S/C28H40O4S/c1-17(2)22-13-21(9)27(26(14-22)20(7)8)15-23(29)16-33(30,31)32-28-24(18(3)4)11-10-12-25(28)19(5)6/h10-14,17-20H,15-16H2,1-9H3. The van der Waals surface area contributed by atoms with Crippen LogP contribution >= 0.6 is 0 Å². The van der Waals surface area contributed by atoms with Crippen LogP contribution in [0.5, 0.6) is 5.75 Å². The highest BCUT2D eigenvalue weighted by Crippen LogP contribution is 2.35. The number of para-hydroxylation sites is 1. The van der Waals surface area contributed by atoms with Gasteiger partial charge < -0.3 is 4.18 Å². The summed E-state index contributed by atoms with van der Waals surface area (Å²) in [6, 6.07) is 9.96. The monoisotopic (exact) mass is 472 g/mol. The molecule has 0 unspecified atom stereocenters. The van der Waals surface area contributed by atoms with Crippen LogP contribution in [-0.4, -0.2) is 20.0 Å². The smallest absolute Gasteiger partial charge is 0.316 e. The molecule has 0 radical (unpaired) electrons. The van der Waals surface area contributed by atoms with Crippen LogP contribution < -0.4 is 4.18 Å². The molecule has 0 aliphatic carbocycles. The average molecular weight is 473 g/mol. The van der Waals surface area contributed by atoms with E-state index in [1.807, 2.05) is 52.8 Å². The first-order valence-electron chi connectivity index (χ1n) is 11.9. The largest absolute Gasteiger partial charge is 0.381 e. The van der Waals surface area contributed by atoms with Crippen LogP contribution in [0.15, 0.2) is 30.3 Å². The second-order valence-corrected chi connectivity index (χ2v) is 11.9. The maximum atomic E-state index is 13.0. The van der Waals surface area contributed by atoms with Gasteiger partial charge in [0.05, 0.1) is 0 Å². The Hall–Kier alpha value is -2.14. The van der Waals surface area contributed by atoms with Crippen LogP contribution in [0.3, 0.4) is 0 Å². The second-order valence-electron chi connectivity index (χ2n) is 10.3. The van der Waals surface area contributed by atoms with Crippen molar-refractivity contribution in [2.75, 3.05) is 5.75 Å². The Morgan fingerprint density at radius 3 is 1.79 bits per heavy atom. The van der Waals surface area contributed by atoms with Gasteiger partial charge in [0.25, 0.3) is 0 Å². The fraction of sp³-hybridized carbons (Fsp3) is 0.536. The molecule has 0 heterocycles. The lowest BCUT2D eigenvalue weighted by Crippen LogP contribution is -2.24. The second kappa shape index (κ2) is 10.9. The molecule has 0 aromatic heterocycles. The van der Waals surface area contributed by atoms with E-state index in [0.717, 1.165) is 27.8 Å². The van der Waals surface area contributed by atoms with Crippen LogP contribution in [0.1, 0.15) is 112 Å². The molecular formula is C28H40O4S. The Kier molecular flexibility index (Phi) is 8.92. The molecule has 182 valence electrons. The normalized spacial score (nSPS) is 12.3. The van der Waals surface area contributed by atoms with Crippen LogP contribution in [-0.2, 0) is 21.3 Å². The summed E-state index contributed by atoms with van der Waals surface area (Å²) < 4.78 is 31.5. The van der Waals surface area contributed by atoms with E-state index < -0.39 is 15.9 Å². The molecule has 0 spiro atoms. The van der Waals surface area contributed by atoms with Crippen LogP contribution in [0.4, 0.5) is 0 Å². The first-order chi connectivity index (χ1) is 15.2. The summed E-state index contributed by atoms with van der Waals surface area (Å²) in [4.78, 5) is 12.9. The fourth-order valence-corrected chi connectivity index (χ4v) is 5.15. The summed E-state index contributed by atoms with van der Waals surface area (Å²) in [5.41, 5.74) is 5.97. The Balaban J connectivity index is 2.32. The zero-order valence-corrected chi connectivity index (χ0v) is 22.5. The molecule has 2 aromatic rings. The van der Waals surface area contributed by atoms with Crippen molar-refractivity contribution < 1.29 is 17.4 Å². The number of carbonyl (C=O) groups excluding carboxylic acids is 1. The molecule has 2 rings (SSSR count). The van der Waals surface area contributed by atoms with Crippen LogP contribution in [0.2, 0.25) is 0 Å². The number of rotatable bonds is 10. The quantitative estimate of drug-likeness (QED) is 0.349. The first kappa shape index (κ1) is 27.1. The lowest BCUT2D eigenvalue weighted by atomic mass is 9.86. The van der Waals surface area contributed by atoms with Crippen molar-refractivity contribution in [3.05, 3.63) is 63.7 Å². The lowest BCUT2D eigenvalue weighted by Gasteiger charge is -2.20. The zero-order valence-electron chi connectivity index (χ0n) is 21.7. The Bertz CT molecular complexity index is 1070. The van der Waals surface area contributed by atoms with Crippen molar-refractivity contribution in [3.63, 3.8) is 0 Å². The van der Waals surface area contributed by atoms with Gasteiger partial charge in [-0.05, 0) is 64.0 Å². The predicted molar refractivity (Wildman–Crippen MR) is 137 cm³/mol. The van der Waals surface area contributed by atoms with Crippen molar-refractivity contribution in [1.29, 1.82) is 0 Å². The molecule has 33 heavy (non-hydrogen) atoms.